The predicted octanol–water partition coefficient (Wildman–Crippen LogP) is 5.54. The Morgan fingerprint density at radius 1 is 1.03 bits per heavy atom. The lowest BCUT2D eigenvalue weighted by Gasteiger charge is -2.14. The zero-order valence-corrected chi connectivity index (χ0v) is 20.2. The highest BCUT2D eigenvalue weighted by Gasteiger charge is 2.18. The Labute approximate surface area is 202 Å². The van der Waals surface area contributed by atoms with Gasteiger partial charge in [-0.25, -0.2) is 24.0 Å². The average molecular weight is 472 g/mol. The van der Waals surface area contributed by atoms with E-state index in [4.69, 9.17) is 14.7 Å². The molecule has 3 heterocycles. The Bertz CT molecular complexity index is 1520. The summed E-state index contributed by atoms with van der Waals surface area (Å²) in [7, 11) is 3.55. The first-order chi connectivity index (χ1) is 16.8. The molecule has 0 saturated carbocycles. The molecule has 8 nitrogen and oxygen atoms in total. The normalized spacial score (nSPS) is 11.4. The molecule has 1 N–H and O–H groups in total. The number of aromatic nitrogens is 6. The van der Waals surface area contributed by atoms with Gasteiger partial charge < -0.3 is 14.6 Å². The van der Waals surface area contributed by atoms with E-state index in [1.54, 1.807) is 30.3 Å². The second-order valence-electron chi connectivity index (χ2n) is 8.67. The molecule has 5 rings (SSSR count). The van der Waals surface area contributed by atoms with Crippen LogP contribution in [0.2, 0.25) is 0 Å². The third kappa shape index (κ3) is 4.21. The molecule has 0 aliphatic heterocycles. The SMILES string of the molecule is COc1cc(Nc2cc(C(C)C)nc3c2nc(-c2ccc(F)cc2)n3C)ccc1-n1cnc(C)n1. The molecule has 0 radical (unpaired) electrons. The monoisotopic (exact) mass is 471 g/mol. The van der Waals surface area contributed by atoms with Gasteiger partial charge in [0, 0.05) is 30.1 Å². The van der Waals surface area contributed by atoms with Gasteiger partial charge in [-0.3, -0.25) is 0 Å². The van der Waals surface area contributed by atoms with Gasteiger partial charge in [-0.05, 0) is 55.3 Å². The van der Waals surface area contributed by atoms with Crippen molar-refractivity contribution in [1.29, 1.82) is 0 Å². The van der Waals surface area contributed by atoms with Crippen LogP contribution in [0.5, 0.6) is 5.75 Å². The standard InChI is InChI=1S/C26H26FN7O/c1-15(2)20-13-21(24-26(30-20)33(4)25(31-24)17-6-8-18(27)9-7-17)29-19-10-11-22(23(12-19)35-5)34-14-28-16(3)32-34/h6-15H,1-5H3,(H,29,30). The van der Waals surface area contributed by atoms with Gasteiger partial charge in [0.1, 0.15) is 40.7 Å². The molecule has 0 aliphatic carbocycles. The summed E-state index contributed by atoms with van der Waals surface area (Å²) >= 11 is 0. The molecular weight excluding hydrogens is 445 g/mol. The fraction of sp³-hybridized carbons (Fsp3) is 0.231. The van der Waals surface area contributed by atoms with Crippen molar-refractivity contribution in [2.24, 2.45) is 7.05 Å². The number of anilines is 2. The Hall–Kier alpha value is -4.27. The molecule has 2 aromatic carbocycles. The van der Waals surface area contributed by atoms with Crippen LogP contribution in [0.3, 0.4) is 0 Å². The number of hydrogen-bond acceptors (Lipinski definition) is 6. The zero-order chi connectivity index (χ0) is 24.7. The van der Waals surface area contributed by atoms with Crippen molar-refractivity contribution in [2.45, 2.75) is 26.7 Å². The van der Waals surface area contributed by atoms with Gasteiger partial charge in [-0.1, -0.05) is 13.8 Å². The van der Waals surface area contributed by atoms with Gasteiger partial charge in [-0.15, -0.1) is 0 Å². The molecule has 35 heavy (non-hydrogen) atoms. The zero-order valence-electron chi connectivity index (χ0n) is 20.2. The van der Waals surface area contributed by atoms with E-state index in [0.29, 0.717) is 17.4 Å². The highest BCUT2D eigenvalue weighted by Crippen LogP contribution is 2.34. The number of benzene rings is 2. The number of rotatable bonds is 6. The lowest BCUT2D eigenvalue weighted by Crippen LogP contribution is -2.02. The van der Waals surface area contributed by atoms with Gasteiger partial charge in [-0.2, -0.15) is 5.10 Å². The van der Waals surface area contributed by atoms with Gasteiger partial charge in [0.15, 0.2) is 5.65 Å². The number of aryl methyl sites for hydroxylation is 2. The van der Waals surface area contributed by atoms with Crippen molar-refractivity contribution in [3.05, 3.63) is 72.2 Å². The first kappa shape index (κ1) is 22.5. The molecule has 5 aromatic rings. The number of nitrogens with one attached hydrogen (secondary N) is 1. The van der Waals surface area contributed by atoms with Crippen LogP contribution >= 0.6 is 0 Å². The summed E-state index contributed by atoms with van der Waals surface area (Å²) in [6.45, 7) is 6.05. The summed E-state index contributed by atoms with van der Waals surface area (Å²) in [5, 5.41) is 7.88. The van der Waals surface area contributed by atoms with Crippen LogP contribution in [0.1, 0.15) is 31.3 Å². The van der Waals surface area contributed by atoms with E-state index in [1.165, 1.54) is 12.1 Å². The number of hydrogen-bond donors (Lipinski definition) is 1. The molecule has 0 spiro atoms. The molecule has 0 atom stereocenters. The third-order valence-corrected chi connectivity index (χ3v) is 5.85. The van der Waals surface area contributed by atoms with Crippen molar-refractivity contribution in [3.63, 3.8) is 0 Å². The van der Waals surface area contributed by atoms with E-state index in [9.17, 15) is 4.39 Å². The molecule has 0 unspecified atom stereocenters. The minimum atomic E-state index is -0.284. The topological polar surface area (TPSA) is 82.7 Å². The maximum absolute atomic E-state index is 13.5. The van der Waals surface area contributed by atoms with E-state index in [0.717, 1.165) is 39.5 Å². The van der Waals surface area contributed by atoms with Crippen LogP contribution in [0.25, 0.3) is 28.2 Å². The van der Waals surface area contributed by atoms with E-state index >= 15 is 0 Å². The minimum Gasteiger partial charge on any atom is -0.494 e. The third-order valence-electron chi connectivity index (χ3n) is 5.85. The summed E-state index contributed by atoms with van der Waals surface area (Å²) in [5.41, 5.74) is 5.69. The molecule has 3 aromatic heterocycles. The van der Waals surface area contributed by atoms with E-state index < -0.39 is 0 Å². The Balaban J connectivity index is 1.60. The van der Waals surface area contributed by atoms with Crippen molar-refractivity contribution in [3.8, 4) is 22.8 Å². The van der Waals surface area contributed by atoms with Crippen LogP contribution < -0.4 is 10.1 Å². The second-order valence-corrected chi connectivity index (χ2v) is 8.67. The first-order valence-electron chi connectivity index (χ1n) is 11.3. The number of imidazole rings is 1. The first-order valence-corrected chi connectivity index (χ1v) is 11.3. The lowest BCUT2D eigenvalue weighted by atomic mass is 10.1. The fourth-order valence-electron chi connectivity index (χ4n) is 3.98. The van der Waals surface area contributed by atoms with E-state index in [2.05, 4.69) is 29.2 Å². The average Bonchev–Trinajstić information content (AvgIpc) is 3.43. The number of pyridine rings is 1. The van der Waals surface area contributed by atoms with Crippen LogP contribution in [0.4, 0.5) is 15.8 Å². The maximum atomic E-state index is 13.5. The van der Waals surface area contributed by atoms with Crippen LogP contribution in [0, 0.1) is 12.7 Å². The summed E-state index contributed by atoms with van der Waals surface area (Å²) in [6, 6.07) is 14.1. The molecule has 0 amide bonds. The summed E-state index contributed by atoms with van der Waals surface area (Å²) in [6.07, 6.45) is 1.66. The maximum Gasteiger partial charge on any atom is 0.162 e. The minimum absolute atomic E-state index is 0.219. The highest BCUT2D eigenvalue weighted by atomic mass is 19.1. The molecule has 0 saturated heterocycles. The van der Waals surface area contributed by atoms with Gasteiger partial charge in [0.2, 0.25) is 0 Å². The number of ether oxygens (including phenoxy) is 1. The van der Waals surface area contributed by atoms with Crippen molar-refractivity contribution >= 4 is 22.5 Å². The largest absolute Gasteiger partial charge is 0.494 e. The Morgan fingerprint density at radius 2 is 1.80 bits per heavy atom. The van der Waals surface area contributed by atoms with Crippen LogP contribution in [0.15, 0.2) is 54.9 Å². The number of halogens is 1. The smallest absolute Gasteiger partial charge is 0.162 e. The quantitative estimate of drug-likeness (QED) is 0.350. The number of nitrogens with zero attached hydrogens (tertiary/aromatic N) is 6. The molecule has 178 valence electrons. The summed E-state index contributed by atoms with van der Waals surface area (Å²) in [4.78, 5) is 14.0. The van der Waals surface area contributed by atoms with Gasteiger partial charge in [0.05, 0.1) is 12.8 Å². The number of fused-ring (bicyclic) bond motifs is 1. The summed E-state index contributed by atoms with van der Waals surface area (Å²) in [5.74, 6) is 1.99. The van der Waals surface area contributed by atoms with Crippen molar-refractivity contribution in [2.75, 3.05) is 12.4 Å². The number of methoxy groups -OCH3 is 1. The molecule has 0 aliphatic rings. The van der Waals surface area contributed by atoms with Gasteiger partial charge in [0.25, 0.3) is 0 Å². The highest BCUT2D eigenvalue weighted by molar-refractivity contribution is 5.91. The van der Waals surface area contributed by atoms with E-state index in [1.807, 2.05) is 42.8 Å². The molecule has 0 fully saturated rings. The molecule has 0 bridgehead atoms. The fourth-order valence-corrected chi connectivity index (χ4v) is 3.98. The van der Waals surface area contributed by atoms with Crippen LogP contribution in [-0.4, -0.2) is 36.4 Å². The van der Waals surface area contributed by atoms with E-state index in [-0.39, 0.29) is 11.7 Å². The van der Waals surface area contributed by atoms with Crippen LogP contribution in [-0.2, 0) is 7.05 Å². The van der Waals surface area contributed by atoms with Crippen molar-refractivity contribution in [1.82, 2.24) is 29.3 Å². The molecule has 9 heteroatoms. The summed E-state index contributed by atoms with van der Waals surface area (Å²) < 4.78 is 22.8. The predicted molar refractivity (Wildman–Crippen MR) is 134 cm³/mol. The Kier molecular flexibility index (Phi) is 5.68. The Morgan fingerprint density at radius 3 is 2.46 bits per heavy atom. The van der Waals surface area contributed by atoms with Gasteiger partial charge >= 0.3 is 0 Å². The van der Waals surface area contributed by atoms with Crippen molar-refractivity contribution < 1.29 is 9.13 Å². The lowest BCUT2D eigenvalue weighted by molar-refractivity contribution is 0.412. The second kappa shape index (κ2) is 8.83. The molecular formula is C26H26FN7O.